The van der Waals surface area contributed by atoms with E-state index in [4.69, 9.17) is 9.47 Å². The highest BCUT2D eigenvalue weighted by Crippen LogP contribution is 2.11. The van der Waals surface area contributed by atoms with Gasteiger partial charge in [0.25, 0.3) is 5.91 Å². The first-order valence-electron chi connectivity index (χ1n) is 7.63. The fraction of sp³-hybridized carbons (Fsp3) is 0.263. The topological polar surface area (TPSA) is 64.6 Å². The maximum absolute atomic E-state index is 12.0. The quantitative estimate of drug-likeness (QED) is 0.829. The molecule has 0 unspecified atom stereocenters. The second kappa shape index (κ2) is 8.15. The van der Waals surface area contributed by atoms with Gasteiger partial charge < -0.3 is 14.8 Å². The summed E-state index contributed by atoms with van der Waals surface area (Å²) in [5.74, 6) is -0.0857. The van der Waals surface area contributed by atoms with Gasteiger partial charge in [0.1, 0.15) is 5.75 Å². The molecule has 0 radical (unpaired) electrons. The molecule has 0 heterocycles. The average molecular weight is 327 g/mol. The van der Waals surface area contributed by atoms with Crippen molar-refractivity contribution in [3.8, 4) is 5.75 Å². The molecule has 2 rings (SSSR count). The van der Waals surface area contributed by atoms with E-state index in [-0.39, 0.29) is 12.5 Å². The number of ether oxygens (including phenoxy) is 2. The van der Waals surface area contributed by atoms with Gasteiger partial charge in [0, 0.05) is 6.54 Å². The Bertz CT molecular complexity index is 702. The Hall–Kier alpha value is -2.82. The van der Waals surface area contributed by atoms with Crippen LogP contribution in [0.25, 0.3) is 0 Å². The molecule has 0 saturated carbocycles. The first-order valence-corrected chi connectivity index (χ1v) is 7.63. The number of hydrogen-bond acceptors (Lipinski definition) is 4. The smallest absolute Gasteiger partial charge is 0.338 e. The molecular formula is C19H21NO4. The molecule has 0 aliphatic carbocycles. The van der Waals surface area contributed by atoms with Crippen LogP contribution in [0.2, 0.25) is 0 Å². The molecule has 5 heteroatoms. The van der Waals surface area contributed by atoms with Crippen molar-refractivity contribution in [3.63, 3.8) is 0 Å². The van der Waals surface area contributed by atoms with Crippen molar-refractivity contribution >= 4 is 11.9 Å². The number of methoxy groups -OCH3 is 1. The van der Waals surface area contributed by atoms with Crippen molar-refractivity contribution < 1.29 is 19.1 Å². The molecule has 1 N–H and O–H groups in total. The predicted molar refractivity (Wildman–Crippen MR) is 91.0 cm³/mol. The first kappa shape index (κ1) is 17.5. The first-order chi connectivity index (χ1) is 11.5. The lowest BCUT2D eigenvalue weighted by atomic mass is 10.1. The van der Waals surface area contributed by atoms with Gasteiger partial charge in [-0.05, 0) is 43.7 Å². The fourth-order valence-electron chi connectivity index (χ4n) is 2.30. The maximum atomic E-state index is 12.0. The molecule has 0 aliphatic heterocycles. The van der Waals surface area contributed by atoms with E-state index >= 15 is 0 Å². The number of benzene rings is 2. The molecule has 0 saturated heterocycles. The zero-order chi connectivity index (χ0) is 17.5. The molecule has 0 aromatic heterocycles. The Morgan fingerprint density at radius 1 is 1.00 bits per heavy atom. The minimum atomic E-state index is -0.499. The summed E-state index contributed by atoms with van der Waals surface area (Å²) in [6.45, 7) is 3.88. The standard InChI is InChI=1S/C19H21NO4/c1-13-8-14(2)10-16(9-13)19(22)24-12-18(21)20-11-15-4-6-17(23-3)7-5-15/h4-10H,11-12H2,1-3H3,(H,20,21). The van der Waals surface area contributed by atoms with E-state index in [0.29, 0.717) is 12.1 Å². The van der Waals surface area contributed by atoms with Crippen LogP contribution in [0.5, 0.6) is 5.75 Å². The lowest BCUT2D eigenvalue weighted by Crippen LogP contribution is -2.28. The van der Waals surface area contributed by atoms with Crippen LogP contribution in [0.3, 0.4) is 0 Å². The van der Waals surface area contributed by atoms with Crippen LogP contribution >= 0.6 is 0 Å². The van der Waals surface area contributed by atoms with Crippen LogP contribution in [0.15, 0.2) is 42.5 Å². The van der Waals surface area contributed by atoms with Crippen molar-refractivity contribution in [1.29, 1.82) is 0 Å². The summed E-state index contributed by atoms with van der Waals surface area (Å²) in [4.78, 5) is 23.8. The fourth-order valence-corrected chi connectivity index (χ4v) is 2.30. The molecule has 0 aliphatic rings. The van der Waals surface area contributed by atoms with E-state index in [1.165, 1.54) is 0 Å². The maximum Gasteiger partial charge on any atom is 0.338 e. The van der Waals surface area contributed by atoms with Crippen LogP contribution in [0.1, 0.15) is 27.0 Å². The number of amides is 1. The number of aryl methyl sites for hydroxylation is 2. The number of hydrogen-bond donors (Lipinski definition) is 1. The Morgan fingerprint density at radius 3 is 2.21 bits per heavy atom. The highest BCUT2D eigenvalue weighted by atomic mass is 16.5. The Kier molecular flexibility index (Phi) is 5.95. The average Bonchev–Trinajstić information content (AvgIpc) is 2.57. The molecule has 0 fully saturated rings. The molecule has 1 amide bonds. The summed E-state index contributed by atoms with van der Waals surface area (Å²) in [5.41, 5.74) is 3.34. The van der Waals surface area contributed by atoms with E-state index in [2.05, 4.69) is 5.32 Å². The summed E-state index contributed by atoms with van der Waals surface area (Å²) in [5, 5.41) is 2.71. The van der Waals surface area contributed by atoms with Crippen molar-refractivity contribution in [2.24, 2.45) is 0 Å². The summed E-state index contributed by atoms with van der Waals surface area (Å²) in [6, 6.07) is 12.8. The zero-order valence-corrected chi connectivity index (χ0v) is 14.1. The van der Waals surface area contributed by atoms with Crippen LogP contribution in [0, 0.1) is 13.8 Å². The van der Waals surface area contributed by atoms with Gasteiger partial charge in [0.15, 0.2) is 6.61 Å². The number of rotatable bonds is 6. The van der Waals surface area contributed by atoms with Gasteiger partial charge in [-0.3, -0.25) is 4.79 Å². The Morgan fingerprint density at radius 2 is 1.62 bits per heavy atom. The molecule has 126 valence electrons. The lowest BCUT2D eigenvalue weighted by Gasteiger charge is -2.08. The SMILES string of the molecule is COc1ccc(CNC(=O)COC(=O)c2cc(C)cc(C)c2)cc1. The second-order valence-corrected chi connectivity index (χ2v) is 5.58. The van der Waals surface area contributed by atoms with Crippen molar-refractivity contribution in [3.05, 3.63) is 64.7 Å². The second-order valence-electron chi connectivity index (χ2n) is 5.58. The lowest BCUT2D eigenvalue weighted by molar-refractivity contribution is -0.124. The minimum absolute atomic E-state index is 0.304. The zero-order valence-electron chi connectivity index (χ0n) is 14.1. The molecule has 2 aromatic carbocycles. The third-order valence-corrected chi connectivity index (χ3v) is 3.44. The van der Waals surface area contributed by atoms with Crippen LogP contribution < -0.4 is 10.1 Å². The van der Waals surface area contributed by atoms with Crippen LogP contribution in [-0.4, -0.2) is 25.6 Å². The third kappa shape index (κ3) is 5.12. The monoisotopic (exact) mass is 327 g/mol. The summed E-state index contributed by atoms with van der Waals surface area (Å²) in [6.07, 6.45) is 0. The van der Waals surface area contributed by atoms with Gasteiger partial charge in [0.05, 0.1) is 12.7 Å². The minimum Gasteiger partial charge on any atom is -0.497 e. The third-order valence-electron chi connectivity index (χ3n) is 3.44. The molecule has 0 bridgehead atoms. The normalized spacial score (nSPS) is 10.1. The number of carbonyl (C=O) groups excluding carboxylic acids is 2. The molecule has 24 heavy (non-hydrogen) atoms. The van der Waals surface area contributed by atoms with Gasteiger partial charge in [-0.1, -0.05) is 29.3 Å². The molecule has 0 spiro atoms. The van der Waals surface area contributed by atoms with Gasteiger partial charge in [-0.25, -0.2) is 4.79 Å². The van der Waals surface area contributed by atoms with E-state index < -0.39 is 5.97 Å². The van der Waals surface area contributed by atoms with E-state index in [9.17, 15) is 9.59 Å². The highest BCUT2D eigenvalue weighted by molar-refractivity contribution is 5.91. The number of carbonyl (C=O) groups is 2. The van der Waals surface area contributed by atoms with Crippen LogP contribution in [0.4, 0.5) is 0 Å². The molecule has 0 atom stereocenters. The predicted octanol–water partition coefficient (Wildman–Crippen LogP) is 2.79. The van der Waals surface area contributed by atoms with Gasteiger partial charge in [0.2, 0.25) is 0 Å². The van der Waals surface area contributed by atoms with Crippen molar-refractivity contribution in [2.75, 3.05) is 13.7 Å². The highest BCUT2D eigenvalue weighted by Gasteiger charge is 2.11. The number of nitrogens with one attached hydrogen (secondary N) is 1. The van der Waals surface area contributed by atoms with E-state index in [1.54, 1.807) is 19.2 Å². The Labute approximate surface area is 141 Å². The summed E-state index contributed by atoms with van der Waals surface area (Å²) < 4.78 is 10.1. The summed E-state index contributed by atoms with van der Waals surface area (Å²) in [7, 11) is 1.60. The van der Waals surface area contributed by atoms with Crippen molar-refractivity contribution in [2.45, 2.75) is 20.4 Å². The van der Waals surface area contributed by atoms with Crippen molar-refractivity contribution in [1.82, 2.24) is 5.32 Å². The van der Waals surface area contributed by atoms with E-state index in [1.807, 2.05) is 44.2 Å². The largest absolute Gasteiger partial charge is 0.497 e. The molecule has 2 aromatic rings. The summed E-state index contributed by atoms with van der Waals surface area (Å²) >= 11 is 0. The molecular weight excluding hydrogens is 306 g/mol. The van der Waals surface area contributed by atoms with Crippen LogP contribution in [-0.2, 0) is 16.1 Å². The van der Waals surface area contributed by atoms with Gasteiger partial charge >= 0.3 is 5.97 Å². The Balaban J connectivity index is 1.80. The molecule has 5 nitrogen and oxygen atoms in total. The van der Waals surface area contributed by atoms with Gasteiger partial charge in [-0.15, -0.1) is 0 Å². The number of esters is 1. The van der Waals surface area contributed by atoms with Gasteiger partial charge in [-0.2, -0.15) is 0 Å². The van der Waals surface area contributed by atoms with E-state index in [0.717, 1.165) is 22.4 Å².